The van der Waals surface area contributed by atoms with Crippen molar-refractivity contribution in [2.45, 2.75) is 12.1 Å². The molecule has 2 unspecified atom stereocenters. The number of hydrogen-bond donors (Lipinski definition) is 3. The van der Waals surface area contributed by atoms with Crippen molar-refractivity contribution in [3.05, 3.63) is 0 Å². The molecule has 4 nitrogen and oxygen atoms in total. The summed E-state index contributed by atoms with van der Waals surface area (Å²) in [5.41, 5.74) is 5.16. The lowest BCUT2D eigenvalue weighted by molar-refractivity contribution is -0.120. The van der Waals surface area contributed by atoms with Gasteiger partial charge in [-0.15, -0.1) is 12.4 Å². The molecule has 1 amide bonds. The SMILES string of the molecule is Cl.NC1C(=O)NCC1O. The third-order valence-electron chi connectivity index (χ3n) is 1.20. The van der Waals surface area contributed by atoms with Gasteiger partial charge in [-0.05, 0) is 0 Å². The minimum Gasteiger partial charge on any atom is -0.389 e. The van der Waals surface area contributed by atoms with Crippen molar-refractivity contribution in [1.29, 1.82) is 0 Å². The number of carbonyl (C=O) groups excluding carboxylic acids is 1. The molecule has 0 radical (unpaired) electrons. The number of carbonyl (C=O) groups is 1. The normalized spacial score (nSPS) is 33.3. The summed E-state index contributed by atoms with van der Waals surface area (Å²) in [6.45, 7) is 0.292. The molecule has 1 heterocycles. The van der Waals surface area contributed by atoms with E-state index in [4.69, 9.17) is 10.8 Å². The molecule has 5 heteroatoms. The number of halogens is 1. The van der Waals surface area contributed by atoms with Crippen LogP contribution in [0, 0.1) is 0 Å². The zero-order chi connectivity index (χ0) is 6.15. The molecule has 0 aliphatic carbocycles. The van der Waals surface area contributed by atoms with Gasteiger partial charge >= 0.3 is 0 Å². The molecule has 1 saturated heterocycles. The van der Waals surface area contributed by atoms with Crippen molar-refractivity contribution >= 4 is 18.3 Å². The molecule has 9 heavy (non-hydrogen) atoms. The monoisotopic (exact) mass is 152 g/mol. The molecule has 0 aromatic carbocycles. The van der Waals surface area contributed by atoms with Crippen LogP contribution < -0.4 is 11.1 Å². The lowest BCUT2D eigenvalue weighted by atomic mass is 10.2. The maximum Gasteiger partial charge on any atom is 0.239 e. The molecule has 0 spiro atoms. The third kappa shape index (κ3) is 1.54. The number of nitrogens with two attached hydrogens (primary N) is 1. The fraction of sp³-hybridized carbons (Fsp3) is 0.750. The smallest absolute Gasteiger partial charge is 0.239 e. The van der Waals surface area contributed by atoms with Crippen LogP contribution in [0.1, 0.15) is 0 Å². The molecule has 4 N–H and O–H groups in total. The van der Waals surface area contributed by atoms with Crippen molar-refractivity contribution in [3.8, 4) is 0 Å². The second kappa shape index (κ2) is 3.00. The van der Waals surface area contributed by atoms with Crippen LogP contribution in [0.2, 0.25) is 0 Å². The van der Waals surface area contributed by atoms with Gasteiger partial charge in [-0.3, -0.25) is 4.79 Å². The standard InChI is InChI=1S/C4H8N2O2.ClH/c5-3-2(7)1-6-4(3)8;/h2-3,7H,1,5H2,(H,6,8);1H. The van der Waals surface area contributed by atoms with E-state index in [9.17, 15) is 4.79 Å². The van der Waals surface area contributed by atoms with Crippen LogP contribution in [0.15, 0.2) is 0 Å². The Kier molecular flexibility index (Phi) is 2.90. The average molecular weight is 153 g/mol. The molecule has 1 rings (SSSR count). The first-order chi connectivity index (χ1) is 3.72. The fourth-order valence-corrected chi connectivity index (χ4v) is 0.625. The van der Waals surface area contributed by atoms with Crippen molar-refractivity contribution < 1.29 is 9.90 Å². The van der Waals surface area contributed by atoms with E-state index in [2.05, 4.69) is 5.32 Å². The van der Waals surface area contributed by atoms with Gasteiger partial charge in [0.05, 0.1) is 6.10 Å². The Morgan fingerprint density at radius 2 is 2.33 bits per heavy atom. The number of amides is 1. The van der Waals surface area contributed by atoms with Crippen molar-refractivity contribution in [3.63, 3.8) is 0 Å². The highest BCUT2D eigenvalue weighted by molar-refractivity contribution is 5.85. The predicted molar refractivity (Wildman–Crippen MR) is 34.2 cm³/mol. The summed E-state index contributed by atoms with van der Waals surface area (Å²) in [6.07, 6.45) is -0.692. The Hall–Kier alpha value is -0.320. The summed E-state index contributed by atoms with van der Waals surface area (Å²) in [6, 6.07) is -0.713. The van der Waals surface area contributed by atoms with Gasteiger partial charge in [0, 0.05) is 6.54 Å². The molecule has 1 aliphatic heterocycles. The first kappa shape index (κ1) is 8.68. The number of rotatable bonds is 0. The van der Waals surface area contributed by atoms with Crippen LogP contribution in [-0.2, 0) is 4.79 Å². The molecule has 0 aromatic rings. The second-order valence-electron chi connectivity index (χ2n) is 1.84. The van der Waals surface area contributed by atoms with Crippen LogP contribution in [0.4, 0.5) is 0 Å². The van der Waals surface area contributed by atoms with E-state index in [1.807, 2.05) is 0 Å². The van der Waals surface area contributed by atoms with E-state index in [0.29, 0.717) is 6.54 Å². The van der Waals surface area contributed by atoms with Gasteiger partial charge in [-0.1, -0.05) is 0 Å². The topological polar surface area (TPSA) is 75.4 Å². The molecule has 54 valence electrons. The number of aliphatic hydroxyl groups is 1. The third-order valence-corrected chi connectivity index (χ3v) is 1.20. The largest absolute Gasteiger partial charge is 0.389 e. The van der Waals surface area contributed by atoms with Crippen molar-refractivity contribution in [2.24, 2.45) is 5.73 Å². The first-order valence-electron chi connectivity index (χ1n) is 2.43. The number of aliphatic hydroxyl groups excluding tert-OH is 1. The number of β-amino-alcohol motifs (C(OH)–C–C–N with tert-alkyl or cyclic N) is 1. The molecule has 1 fully saturated rings. The zero-order valence-electron chi connectivity index (χ0n) is 4.70. The van der Waals surface area contributed by atoms with Gasteiger partial charge < -0.3 is 16.2 Å². The van der Waals surface area contributed by atoms with Crippen LogP contribution in [-0.4, -0.2) is 29.7 Å². The highest BCUT2D eigenvalue weighted by Crippen LogP contribution is 1.95. The van der Waals surface area contributed by atoms with Crippen LogP contribution in [0.5, 0.6) is 0 Å². The van der Waals surface area contributed by atoms with Gasteiger partial charge in [-0.2, -0.15) is 0 Å². The average Bonchev–Trinajstić information content (AvgIpc) is 1.98. The number of hydrogen-bond acceptors (Lipinski definition) is 3. The van der Waals surface area contributed by atoms with Gasteiger partial charge in [0.25, 0.3) is 0 Å². The molecule has 0 saturated carbocycles. The lowest BCUT2D eigenvalue weighted by Gasteiger charge is -2.00. The van der Waals surface area contributed by atoms with Gasteiger partial charge in [0.2, 0.25) is 5.91 Å². The molecule has 1 aliphatic rings. The highest BCUT2D eigenvalue weighted by Gasteiger charge is 2.28. The van der Waals surface area contributed by atoms with Crippen molar-refractivity contribution in [1.82, 2.24) is 5.32 Å². The van der Waals surface area contributed by atoms with Crippen LogP contribution >= 0.6 is 12.4 Å². The van der Waals surface area contributed by atoms with Gasteiger partial charge in [0.1, 0.15) is 6.04 Å². The summed E-state index contributed by atoms with van der Waals surface area (Å²) >= 11 is 0. The van der Waals surface area contributed by atoms with Gasteiger partial charge in [-0.25, -0.2) is 0 Å². The van der Waals surface area contributed by atoms with E-state index in [1.165, 1.54) is 0 Å². The van der Waals surface area contributed by atoms with E-state index < -0.39 is 12.1 Å². The lowest BCUT2D eigenvalue weighted by Crippen LogP contribution is -2.36. The van der Waals surface area contributed by atoms with Crippen LogP contribution in [0.25, 0.3) is 0 Å². The Bertz CT molecular complexity index is 119. The summed E-state index contributed by atoms with van der Waals surface area (Å²) in [5, 5.41) is 11.2. The van der Waals surface area contributed by atoms with E-state index in [0.717, 1.165) is 0 Å². The van der Waals surface area contributed by atoms with E-state index in [-0.39, 0.29) is 18.3 Å². The Morgan fingerprint density at radius 1 is 1.78 bits per heavy atom. The summed E-state index contributed by atoms with van der Waals surface area (Å²) in [7, 11) is 0. The second-order valence-corrected chi connectivity index (χ2v) is 1.84. The maximum atomic E-state index is 10.4. The minimum atomic E-state index is -0.713. The van der Waals surface area contributed by atoms with Crippen molar-refractivity contribution in [2.75, 3.05) is 6.54 Å². The Balaban J connectivity index is 0.000000640. The summed E-state index contributed by atoms with van der Waals surface area (Å²) in [4.78, 5) is 10.4. The summed E-state index contributed by atoms with van der Waals surface area (Å²) < 4.78 is 0. The molecule has 2 atom stereocenters. The highest BCUT2D eigenvalue weighted by atomic mass is 35.5. The Labute approximate surface area is 58.8 Å². The van der Waals surface area contributed by atoms with E-state index in [1.54, 1.807) is 0 Å². The fourth-order valence-electron chi connectivity index (χ4n) is 0.625. The van der Waals surface area contributed by atoms with Crippen LogP contribution in [0.3, 0.4) is 0 Å². The first-order valence-corrected chi connectivity index (χ1v) is 2.43. The van der Waals surface area contributed by atoms with E-state index >= 15 is 0 Å². The quantitative estimate of drug-likeness (QED) is 0.385. The Morgan fingerprint density at radius 3 is 2.44 bits per heavy atom. The van der Waals surface area contributed by atoms with Gasteiger partial charge in [0.15, 0.2) is 0 Å². The summed E-state index contributed by atoms with van der Waals surface area (Å²) in [5.74, 6) is -0.266. The molecular formula is C4H9ClN2O2. The molecular weight excluding hydrogens is 144 g/mol. The predicted octanol–water partition coefficient (Wildman–Crippen LogP) is -1.77. The molecule has 0 aromatic heterocycles. The molecule has 0 bridgehead atoms. The maximum absolute atomic E-state index is 10.4. The minimum absolute atomic E-state index is 0. The zero-order valence-corrected chi connectivity index (χ0v) is 5.52. The number of nitrogens with one attached hydrogen (secondary N) is 1.